The molecular formula is C30H24N2O6S. The topological polar surface area (TPSA) is 133 Å². The number of nitrogens with one attached hydrogen (secondary N) is 2. The Morgan fingerprint density at radius 1 is 0.718 bits per heavy atom. The second-order valence-corrected chi connectivity index (χ2v) is 9.74. The van der Waals surface area contributed by atoms with Gasteiger partial charge in [0.1, 0.15) is 5.25 Å². The van der Waals surface area contributed by atoms with Crippen LogP contribution >= 0.6 is 11.8 Å². The van der Waals surface area contributed by atoms with Crippen LogP contribution in [0, 0.1) is 6.92 Å². The van der Waals surface area contributed by atoms with Gasteiger partial charge in [-0.15, -0.1) is 11.8 Å². The van der Waals surface area contributed by atoms with E-state index in [9.17, 15) is 29.4 Å². The quantitative estimate of drug-likeness (QED) is 0.188. The zero-order chi connectivity index (χ0) is 27.9. The molecule has 0 spiro atoms. The fourth-order valence-corrected chi connectivity index (χ4v) is 4.92. The zero-order valence-corrected chi connectivity index (χ0v) is 21.6. The highest BCUT2D eigenvalue weighted by atomic mass is 32.2. The molecule has 1 unspecified atom stereocenters. The van der Waals surface area contributed by atoms with Crippen LogP contribution < -0.4 is 10.6 Å². The minimum absolute atomic E-state index is 0.0311. The van der Waals surface area contributed by atoms with Crippen LogP contribution in [0.25, 0.3) is 0 Å². The summed E-state index contributed by atoms with van der Waals surface area (Å²) >= 11 is 1.26. The number of carbonyl (C=O) groups is 4. The highest BCUT2D eigenvalue weighted by Crippen LogP contribution is 2.37. The number of aromatic carboxylic acids is 2. The molecule has 196 valence electrons. The van der Waals surface area contributed by atoms with E-state index in [4.69, 9.17) is 0 Å². The lowest BCUT2D eigenvalue weighted by molar-refractivity contribution is -0.115. The van der Waals surface area contributed by atoms with Crippen LogP contribution in [0.3, 0.4) is 0 Å². The first-order valence-electron chi connectivity index (χ1n) is 11.8. The van der Waals surface area contributed by atoms with Gasteiger partial charge in [0.2, 0.25) is 5.91 Å². The Kier molecular flexibility index (Phi) is 8.43. The molecule has 0 aromatic heterocycles. The first-order chi connectivity index (χ1) is 18.7. The summed E-state index contributed by atoms with van der Waals surface area (Å²) in [6, 6.07) is 26.5. The molecule has 1 atom stereocenters. The number of aryl methyl sites for hydroxylation is 1. The van der Waals surface area contributed by atoms with Crippen LogP contribution in [-0.4, -0.2) is 34.0 Å². The third kappa shape index (κ3) is 6.71. The number of thioether (sulfide) groups is 1. The Morgan fingerprint density at radius 2 is 1.41 bits per heavy atom. The number of benzene rings is 4. The minimum atomic E-state index is -1.20. The van der Waals surface area contributed by atoms with E-state index in [-0.39, 0.29) is 22.6 Å². The van der Waals surface area contributed by atoms with Crippen LogP contribution in [0.4, 0.5) is 11.4 Å². The molecule has 39 heavy (non-hydrogen) atoms. The van der Waals surface area contributed by atoms with Crippen LogP contribution in [0.1, 0.15) is 47.5 Å². The lowest BCUT2D eigenvalue weighted by atomic mass is 10.1. The zero-order valence-electron chi connectivity index (χ0n) is 20.8. The number of carboxylic acid groups (broad SMARTS) is 2. The molecule has 4 N–H and O–H groups in total. The second-order valence-electron chi connectivity index (χ2n) is 8.57. The third-order valence-electron chi connectivity index (χ3n) is 5.83. The van der Waals surface area contributed by atoms with E-state index in [1.165, 1.54) is 36.0 Å². The summed E-state index contributed by atoms with van der Waals surface area (Å²) in [5.41, 5.74) is 2.27. The molecule has 0 fully saturated rings. The third-order valence-corrected chi connectivity index (χ3v) is 7.08. The number of carbonyl (C=O) groups excluding carboxylic acids is 2. The fraction of sp³-hybridized carbons (Fsp3) is 0.0667. The molecule has 4 aromatic carbocycles. The van der Waals surface area contributed by atoms with E-state index in [0.717, 1.165) is 11.1 Å². The van der Waals surface area contributed by atoms with E-state index in [2.05, 4.69) is 10.6 Å². The van der Waals surface area contributed by atoms with Gasteiger partial charge < -0.3 is 20.8 Å². The van der Waals surface area contributed by atoms with Gasteiger partial charge in [0, 0.05) is 16.3 Å². The van der Waals surface area contributed by atoms with E-state index in [1.807, 2.05) is 30.3 Å². The van der Waals surface area contributed by atoms with Gasteiger partial charge in [-0.05, 0) is 60.5 Å². The summed E-state index contributed by atoms with van der Waals surface area (Å²) in [5, 5.41) is 23.6. The molecule has 0 aliphatic heterocycles. The van der Waals surface area contributed by atoms with Gasteiger partial charge in [-0.25, -0.2) is 9.59 Å². The normalized spacial score (nSPS) is 11.3. The minimum Gasteiger partial charge on any atom is -0.478 e. The molecule has 0 heterocycles. The Bertz CT molecular complexity index is 1550. The maximum atomic E-state index is 13.5. The van der Waals surface area contributed by atoms with E-state index in [0.29, 0.717) is 16.3 Å². The monoisotopic (exact) mass is 540 g/mol. The van der Waals surface area contributed by atoms with Crippen molar-refractivity contribution in [2.75, 3.05) is 10.6 Å². The molecule has 4 rings (SSSR count). The lowest BCUT2D eigenvalue weighted by Crippen LogP contribution is -2.20. The molecular weight excluding hydrogens is 516 g/mol. The van der Waals surface area contributed by atoms with Crippen LogP contribution in [-0.2, 0) is 4.79 Å². The molecule has 0 bridgehead atoms. The molecule has 0 aliphatic carbocycles. The first-order valence-corrected chi connectivity index (χ1v) is 12.7. The SMILES string of the molecule is Cc1ccc(C(=O)O)cc1NC(=O)C(Sc1cccc(NC(=O)c2ccccc2C(=O)O)c1)c1ccccc1. The summed E-state index contributed by atoms with van der Waals surface area (Å²) in [5.74, 6) is -3.21. The van der Waals surface area contributed by atoms with E-state index >= 15 is 0 Å². The average molecular weight is 541 g/mol. The molecule has 0 aliphatic rings. The highest BCUT2D eigenvalue weighted by molar-refractivity contribution is 8.00. The molecule has 8 nitrogen and oxygen atoms in total. The van der Waals surface area contributed by atoms with Gasteiger partial charge in [-0.3, -0.25) is 9.59 Å². The number of hydrogen-bond acceptors (Lipinski definition) is 5. The summed E-state index contributed by atoms with van der Waals surface area (Å²) < 4.78 is 0. The van der Waals surface area contributed by atoms with Gasteiger partial charge in [0.05, 0.1) is 16.7 Å². The van der Waals surface area contributed by atoms with Gasteiger partial charge in [-0.1, -0.05) is 54.6 Å². The van der Waals surface area contributed by atoms with Crippen molar-refractivity contribution in [3.05, 3.63) is 125 Å². The van der Waals surface area contributed by atoms with Crippen LogP contribution in [0.15, 0.2) is 102 Å². The molecule has 2 amide bonds. The van der Waals surface area contributed by atoms with Crippen molar-refractivity contribution in [2.45, 2.75) is 17.1 Å². The van der Waals surface area contributed by atoms with Crippen molar-refractivity contribution in [2.24, 2.45) is 0 Å². The molecule has 0 saturated carbocycles. The summed E-state index contributed by atoms with van der Waals surface area (Å²) in [6.45, 7) is 1.78. The Balaban J connectivity index is 1.58. The highest BCUT2D eigenvalue weighted by Gasteiger charge is 2.24. The summed E-state index contributed by atoms with van der Waals surface area (Å²) in [7, 11) is 0. The summed E-state index contributed by atoms with van der Waals surface area (Å²) in [4.78, 5) is 49.9. The number of hydrogen-bond donors (Lipinski definition) is 4. The average Bonchev–Trinajstić information content (AvgIpc) is 2.93. The predicted octanol–water partition coefficient (Wildman–Crippen LogP) is 6.12. The van der Waals surface area contributed by atoms with Gasteiger partial charge in [0.25, 0.3) is 5.91 Å². The number of amides is 2. The molecule has 0 saturated heterocycles. The first kappa shape index (κ1) is 27.2. The maximum Gasteiger partial charge on any atom is 0.336 e. The Morgan fingerprint density at radius 3 is 2.10 bits per heavy atom. The lowest BCUT2D eigenvalue weighted by Gasteiger charge is -2.19. The fourth-order valence-electron chi connectivity index (χ4n) is 3.84. The molecule has 0 radical (unpaired) electrons. The van der Waals surface area contributed by atoms with E-state index < -0.39 is 23.1 Å². The van der Waals surface area contributed by atoms with Crippen molar-refractivity contribution < 1.29 is 29.4 Å². The van der Waals surface area contributed by atoms with Gasteiger partial charge >= 0.3 is 11.9 Å². The Hall–Kier alpha value is -4.89. The van der Waals surface area contributed by atoms with Gasteiger partial charge in [0.15, 0.2) is 0 Å². The van der Waals surface area contributed by atoms with Crippen molar-refractivity contribution in [1.82, 2.24) is 0 Å². The van der Waals surface area contributed by atoms with Crippen LogP contribution in [0.2, 0.25) is 0 Å². The molecule has 9 heteroatoms. The maximum absolute atomic E-state index is 13.5. The van der Waals surface area contributed by atoms with E-state index in [1.54, 1.807) is 49.4 Å². The van der Waals surface area contributed by atoms with Crippen molar-refractivity contribution >= 4 is 46.9 Å². The summed E-state index contributed by atoms with van der Waals surface area (Å²) in [6.07, 6.45) is 0. The largest absolute Gasteiger partial charge is 0.478 e. The smallest absolute Gasteiger partial charge is 0.336 e. The second kappa shape index (κ2) is 12.1. The van der Waals surface area contributed by atoms with Crippen molar-refractivity contribution in [3.63, 3.8) is 0 Å². The number of carboxylic acids is 2. The van der Waals surface area contributed by atoms with Gasteiger partial charge in [-0.2, -0.15) is 0 Å². The number of rotatable bonds is 9. The van der Waals surface area contributed by atoms with Crippen molar-refractivity contribution in [3.8, 4) is 0 Å². The predicted molar refractivity (Wildman–Crippen MR) is 150 cm³/mol. The van der Waals surface area contributed by atoms with Crippen molar-refractivity contribution in [1.29, 1.82) is 0 Å². The number of anilines is 2. The Labute approximate surface area is 228 Å². The molecule has 4 aromatic rings. The van der Waals surface area contributed by atoms with Crippen LogP contribution in [0.5, 0.6) is 0 Å². The standard InChI is InChI=1S/C30H24N2O6S/c1-18-14-15-20(29(35)36)16-25(18)32-28(34)26(19-8-3-2-4-9-19)39-22-11-7-10-21(17-22)31-27(33)23-12-5-6-13-24(23)30(37)38/h2-17,26H,1H3,(H,31,33)(H,32,34)(H,35,36)(H,37,38).